The van der Waals surface area contributed by atoms with Gasteiger partial charge in [-0.2, -0.15) is 0 Å². The number of hydrogen-bond donors (Lipinski definition) is 1. The number of nitrogens with zero attached hydrogens (tertiary/aromatic N) is 1. The van der Waals surface area contributed by atoms with Gasteiger partial charge in [0.15, 0.2) is 0 Å². The highest BCUT2D eigenvalue weighted by molar-refractivity contribution is 5.49. The van der Waals surface area contributed by atoms with E-state index < -0.39 is 4.92 Å². The summed E-state index contributed by atoms with van der Waals surface area (Å²) in [6, 6.07) is 3.25. The third-order valence-corrected chi connectivity index (χ3v) is 2.75. The number of benzene rings is 1. The predicted molar refractivity (Wildman–Crippen MR) is 69.0 cm³/mol. The van der Waals surface area contributed by atoms with Crippen molar-refractivity contribution in [2.24, 2.45) is 0 Å². The van der Waals surface area contributed by atoms with Gasteiger partial charge in [-0.25, -0.2) is 0 Å². The number of ether oxygens (including phenoxy) is 1. The fourth-order valence-corrected chi connectivity index (χ4v) is 1.75. The molecule has 0 atom stereocenters. The molecule has 0 saturated carbocycles. The Morgan fingerprint density at radius 3 is 2.56 bits per heavy atom. The zero-order valence-corrected chi connectivity index (χ0v) is 10.8. The molecule has 5 nitrogen and oxygen atoms in total. The monoisotopic (exact) mass is 253 g/mol. The fraction of sp³-hybridized carbons (Fsp3) is 0.538. The second-order valence-electron chi connectivity index (χ2n) is 4.29. The van der Waals surface area contributed by atoms with Gasteiger partial charge in [-0.05, 0) is 44.7 Å². The molecular weight excluding hydrogens is 234 g/mol. The lowest BCUT2D eigenvalue weighted by molar-refractivity contribution is -0.385. The van der Waals surface area contributed by atoms with Gasteiger partial charge in [-0.1, -0.05) is 0 Å². The Labute approximate surface area is 107 Å². The second kappa shape index (κ2) is 6.96. The summed E-state index contributed by atoms with van der Waals surface area (Å²) in [5, 5.41) is 19.5. The first kappa shape index (κ1) is 14.4. The molecule has 0 fully saturated rings. The van der Waals surface area contributed by atoms with Crippen molar-refractivity contribution in [3.8, 4) is 5.75 Å². The minimum Gasteiger partial charge on any atom is -0.493 e. The number of aryl methyl sites for hydroxylation is 2. The summed E-state index contributed by atoms with van der Waals surface area (Å²) in [6.07, 6.45) is 2.49. The normalized spacial score (nSPS) is 10.4. The molecule has 1 rings (SSSR count). The Morgan fingerprint density at radius 1 is 1.22 bits per heavy atom. The van der Waals surface area contributed by atoms with Crippen molar-refractivity contribution in [1.29, 1.82) is 0 Å². The molecule has 0 saturated heterocycles. The van der Waals surface area contributed by atoms with Gasteiger partial charge in [0.25, 0.3) is 5.69 Å². The van der Waals surface area contributed by atoms with E-state index in [0.29, 0.717) is 17.9 Å². The lowest BCUT2D eigenvalue weighted by Gasteiger charge is -2.10. The maximum absolute atomic E-state index is 10.8. The van der Waals surface area contributed by atoms with Crippen LogP contribution in [0.3, 0.4) is 0 Å². The van der Waals surface area contributed by atoms with Crippen molar-refractivity contribution in [3.63, 3.8) is 0 Å². The molecule has 1 aromatic rings. The average Bonchev–Trinajstić information content (AvgIpc) is 2.30. The third-order valence-electron chi connectivity index (χ3n) is 2.75. The van der Waals surface area contributed by atoms with Crippen LogP contribution in [0, 0.1) is 24.0 Å². The molecule has 0 aliphatic heterocycles. The fourth-order valence-electron chi connectivity index (χ4n) is 1.75. The summed E-state index contributed by atoms with van der Waals surface area (Å²) in [4.78, 5) is 10.4. The largest absolute Gasteiger partial charge is 0.493 e. The highest BCUT2D eigenvalue weighted by atomic mass is 16.6. The van der Waals surface area contributed by atoms with Crippen LogP contribution in [0.15, 0.2) is 12.1 Å². The molecule has 18 heavy (non-hydrogen) atoms. The zero-order valence-electron chi connectivity index (χ0n) is 10.8. The van der Waals surface area contributed by atoms with Crippen LogP contribution in [0.25, 0.3) is 0 Å². The van der Waals surface area contributed by atoms with E-state index in [1.807, 2.05) is 6.92 Å². The Hall–Kier alpha value is -1.62. The van der Waals surface area contributed by atoms with Gasteiger partial charge < -0.3 is 9.84 Å². The van der Waals surface area contributed by atoms with Crippen molar-refractivity contribution < 1.29 is 14.8 Å². The van der Waals surface area contributed by atoms with Gasteiger partial charge in [0.1, 0.15) is 5.75 Å². The summed E-state index contributed by atoms with van der Waals surface area (Å²) < 4.78 is 5.54. The van der Waals surface area contributed by atoms with Crippen LogP contribution < -0.4 is 4.74 Å². The van der Waals surface area contributed by atoms with E-state index in [1.165, 1.54) is 6.07 Å². The molecule has 100 valence electrons. The Kier molecular flexibility index (Phi) is 5.58. The van der Waals surface area contributed by atoms with Crippen LogP contribution in [0.2, 0.25) is 0 Å². The topological polar surface area (TPSA) is 72.6 Å². The molecule has 0 spiro atoms. The van der Waals surface area contributed by atoms with Crippen molar-refractivity contribution in [1.82, 2.24) is 0 Å². The van der Waals surface area contributed by atoms with Gasteiger partial charge >= 0.3 is 0 Å². The number of hydrogen-bond acceptors (Lipinski definition) is 4. The molecule has 0 aliphatic rings. The molecule has 1 aromatic carbocycles. The molecule has 0 aliphatic carbocycles. The standard InChI is InChI=1S/C13H19NO4/c1-10-8-11(2)13(9-12(10)14(16)17)18-7-5-3-4-6-15/h8-9,15H,3-7H2,1-2H3. The smallest absolute Gasteiger partial charge is 0.276 e. The maximum Gasteiger partial charge on any atom is 0.276 e. The molecule has 0 aromatic heterocycles. The summed E-state index contributed by atoms with van der Waals surface area (Å²) in [5.74, 6) is 0.566. The Bertz CT molecular complexity index is 418. The minimum absolute atomic E-state index is 0.0889. The quantitative estimate of drug-likeness (QED) is 0.460. The van der Waals surface area contributed by atoms with Gasteiger partial charge in [0.05, 0.1) is 17.6 Å². The summed E-state index contributed by atoms with van der Waals surface area (Å²) in [7, 11) is 0. The molecule has 1 N–H and O–H groups in total. The van der Waals surface area contributed by atoms with Gasteiger partial charge in [-0.3, -0.25) is 10.1 Å². The second-order valence-corrected chi connectivity index (χ2v) is 4.29. The van der Waals surface area contributed by atoms with Crippen molar-refractivity contribution in [3.05, 3.63) is 33.4 Å². The first-order valence-corrected chi connectivity index (χ1v) is 6.05. The molecule has 5 heteroatoms. The van der Waals surface area contributed by atoms with E-state index >= 15 is 0 Å². The Morgan fingerprint density at radius 2 is 1.94 bits per heavy atom. The number of aliphatic hydroxyl groups is 1. The molecule has 0 bridgehead atoms. The highest BCUT2D eigenvalue weighted by Gasteiger charge is 2.14. The van der Waals surface area contributed by atoms with E-state index in [2.05, 4.69) is 0 Å². The van der Waals surface area contributed by atoms with E-state index in [0.717, 1.165) is 24.8 Å². The number of nitro benzene ring substituents is 1. The zero-order chi connectivity index (χ0) is 13.5. The molecular formula is C13H19NO4. The lowest BCUT2D eigenvalue weighted by Crippen LogP contribution is -2.01. The number of nitro groups is 1. The average molecular weight is 253 g/mol. The number of aliphatic hydroxyl groups excluding tert-OH is 1. The molecule has 0 amide bonds. The first-order valence-electron chi connectivity index (χ1n) is 6.05. The molecule has 0 radical (unpaired) electrons. The van der Waals surface area contributed by atoms with Crippen LogP contribution >= 0.6 is 0 Å². The van der Waals surface area contributed by atoms with Crippen LogP contribution in [-0.4, -0.2) is 23.2 Å². The van der Waals surface area contributed by atoms with Gasteiger partial charge in [-0.15, -0.1) is 0 Å². The van der Waals surface area contributed by atoms with Gasteiger partial charge in [0.2, 0.25) is 0 Å². The predicted octanol–water partition coefficient (Wildman–Crippen LogP) is 2.75. The summed E-state index contributed by atoms with van der Waals surface area (Å²) in [5.41, 5.74) is 1.64. The lowest BCUT2D eigenvalue weighted by atomic mass is 10.1. The third kappa shape index (κ3) is 4.00. The Balaban J connectivity index is 2.65. The van der Waals surface area contributed by atoms with Crippen LogP contribution in [0.1, 0.15) is 30.4 Å². The van der Waals surface area contributed by atoms with Gasteiger partial charge in [0, 0.05) is 12.2 Å². The SMILES string of the molecule is Cc1cc(C)c([N+](=O)[O-])cc1OCCCCCO. The van der Waals surface area contributed by atoms with Crippen LogP contribution in [-0.2, 0) is 0 Å². The first-order chi connectivity index (χ1) is 8.56. The summed E-state index contributed by atoms with van der Waals surface area (Å²) in [6.45, 7) is 4.30. The van der Waals surface area contributed by atoms with E-state index in [-0.39, 0.29) is 12.3 Å². The van der Waals surface area contributed by atoms with Crippen LogP contribution in [0.5, 0.6) is 5.75 Å². The number of unbranched alkanes of at least 4 members (excludes halogenated alkanes) is 2. The van der Waals surface area contributed by atoms with Crippen molar-refractivity contribution in [2.75, 3.05) is 13.2 Å². The minimum atomic E-state index is -0.395. The van der Waals surface area contributed by atoms with E-state index in [1.54, 1.807) is 13.0 Å². The highest BCUT2D eigenvalue weighted by Crippen LogP contribution is 2.28. The summed E-state index contributed by atoms with van der Waals surface area (Å²) >= 11 is 0. The van der Waals surface area contributed by atoms with E-state index in [9.17, 15) is 10.1 Å². The number of rotatable bonds is 7. The van der Waals surface area contributed by atoms with Crippen LogP contribution in [0.4, 0.5) is 5.69 Å². The van der Waals surface area contributed by atoms with Crippen molar-refractivity contribution >= 4 is 5.69 Å². The molecule has 0 unspecified atom stereocenters. The van der Waals surface area contributed by atoms with Crippen molar-refractivity contribution in [2.45, 2.75) is 33.1 Å². The van der Waals surface area contributed by atoms with E-state index in [4.69, 9.17) is 9.84 Å². The molecule has 0 heterocycles. The maximum atomic E-state index is 10.8.